The van der Waals surface area contributed by atoms with Gasteiger partial charge in [0.25, 0.3) is 0 Å². The third-order valence-electron chi connectivity index (χ3n) is 6.97. The fraction of sp³-hybridized carbons (Fsp3) is 0.704. The van der Waals surface area contributed by atoms with E-state index in [9.17, 15) is 14.7 Å². The van der Waals surface area contributed by atoms with Gasteiger partial charge in [-0.1, -0.05) is 6.92 Å². The molecule has 1 fully saturated rings. The molecule has 0 aromatic heterocycles. The van der Waals surface area contributed by atoms with Gasteiger partial charge in [0.05, 0.1) is 19.1 Å². The molecule has 196 valence electrons. The smallest absolute Gasteiger partial charge is 0.227 e. The number of rotatable bonds is 11. The molecule has 1 aromatic rings. The Hall–Kier alpha value is -2.16. The van der Waals surface area contributed by atoms with Gasteiger partial charge in [-0.05, 0) is 78.0 Å². The number of aliphatic hydroxyl groups excluding tert-OH is 1. The summed E-state index contributed by atoms with van der Waals surface area (Å²) in [5, 5.41) is 12.8. The van der Waals surface area contributed by atoms with Crippen LogP contribution < -0.4 is 10.1 Å². The maximum atomic E-state index is 13.3. The molecule has 1 heterocycles. The molecule has 0 bridgehead atoms. The molecule has 0 saturated heterocycles. The second-order valence-electron chi connectivity index (χ2n) is 10.8. The van der Waals surface area contributed by atoms with E-state index in [4.69, 9.17) is 4.74 Å². The van der Waals surface area contributed by atoms with Crippen molar-refractivity contribution < 1.29 is 19.4 Å². The average Bonchev–Trinajstić information content (AvgIpc) is 3.60. The summed E-state index contributed by atoms with van der Waals surface area (Å²) < 4.78 is 6.56. The van der Waals surface area contributed by atoms with Crippen LogP contribution in [0.2, 0.25) is 0 Å². The van der Waals surface area contributed by atoms with Crippen molar-refractivity contribution in [3.05, 3.63) is 23.8 Å². The van der Waals surface area contributed by atoms with Gasteiger partial charge in [-0.2, -0.15) is 0 Å². The standard InChI is InChI=1S/C27H44N4O4/c1-19-15-31(20(2)18-32)27(34)14-22-13-23(28-26(33)7-6-12-29(3)4)10-11-24(22)35-25(19)17-30(5)16-21-8-9-21/h10-11,13,19-21,25,32H,6-9,12,14-18H2,1-5H3,(H,28,33)/t19-,20+,25+/m0/s1. The Bertz CT molecular complexity index is 858. The lowest BCUT2D eigenvalue weighted by Crippen LogP contribution is -2.47. The van der Waals surface area contributed by atoms with E-state index in [0.717, 1.165) is 37.5 Å². The number of anilines is 1. The number of carbonyl (C=O) groups is 2. The van der Waals surface area contributed by atoms with Crippen LogP contribution in [0.3, 0.4) is 0 Å². The van der Waals surface area contributed by atoms with Crippen molar-refractivity contribution in [3.8, 4) is 5.75 Å². The van der Waals surface area contributed by atoms with Crippen molar-refractivity contribution in [1.82, 2.24) is 14.7 Å². The van der Waals surface area contributed by atoms with Crippen LogP contribution in [0.25, 0.3) is 0 Å². The van der Waals surface area contributed by atoms with E-state index in [-0.39, 0.29) is 42.9 Å². The van der Waals surface area contributed by atoms with Crippen LogP contribution in [0.5, 0.6) is 5.75 Å². The minimum absolute atomic E-state index is 0.0363. The van der Waals surface area contributed by atoms with Gasteiger partial charge in [0, 0.05) is 43.2 Å². The highest BCUT2D eigenvalue weighted by molar-refractivity contribution is 5.91. The highest BCUT2D eigenvalue weighted by Gasteiger charge is 2.32. The molecule has 35 heavy (non-hydrogen) atoms. The van der Waals surface area contributed by atoms with Gasteiger partial charge in [0.15, 0.2) is 0 Å². The zero-order chi connectivity index (χ0) is 25.5. The largest absolute Gasteiger partial charge is 0.488 e. The molecule has 8 nitrogen and oxygen atoms in total. The van der Waals surface area contributed by atoms with Crippen molar-refractivity contribution in [2.24, 2.45) is 11.8 Å². The number of hydrogen-bond acceptors (Lipinski definition) is 6. The minimum atomic E-state index is -0.268. The zero-order valence-corrected chi connectivity index (χ0v) is 22.1. The first-order valence-electron chi connectivity index (χ1n) is 13.0. The molecule has 0 unspecified atom stereocenters. The van der Waals surface area contributed by atoms with Crippen LogP contribution in [0, 0.1) is 11.8 Å². The summed E-state index contributed by atoms with van der Waals surface area (Å²) in [5.74, 6) is 1.50. The number of benzene rings is 1. The predicted octanol–water partition coefficient (Wildman–Crippen LogP) is 2.46. The van der Waals surface area contributed by atoms with E-state index in [0.29, 0.717) is 24.4 Å². The number of nitrogens with one attached hydrogen (secondary N) is 1. The third kappa shape index (κ3) is 8.47. The maximum absolute atomic E-state index is 13.3. The van der Waals surface area contributed by atoms with E-state index in [1.54, 1.807) is 4.90 Å². The molecular weight excluding hydrogens is 444 g/mol. The molecule has 2 amide bonds. The molecule has 2 aliphatic rings. The van der Waals surface area contributed by atoms with Crippen LogP contribution in [0.15, 0.2) is 18.2 Å². The maximum Gasteiger partial charge on any atom is 0.227 e. The van der Waals surface area contributed by atoms with Crippen LogP contribution in [-0.4, -0.2) is 97.7 Å². The number of aliphatic hydroxyl groups is 1. The Labute approximate surface area is 210 Å². The highest BCUT2D eigenvalue weighted by atomic mass is 16.5. The lowest BCUT2D eigenvalue weighted by molar-refractivity contribution is -0.134. The number of hydrogen-bond donors (Lipinski definition) is 2. The number of nitrogens with zero attached hydrogens (tertiary/aromatic N) is 3. The number of likely N-dealkylation sites (N-methyl/N-ethyl adjacent to an activating group) is 1. The van der Waals surface area contributed by atoms with Gasteiger partial charge < -0.3 is 29.9 Å². The molecule has 0 spiro atoms. The number of amides is 2. The first-order valence-corrected chi connectivity index (χ1v) is 13.0. The molecule has 8 heteroatoms. The minimum Gasteiger partial charge on any atom is -0.488 e. The van der Waals surface area contributed by atoms with Crippen molar-refractivity contribution in [1.29, 1.82) is 0 Å². The van der Waals surface area contributed by atoms with Crippen molar-refractivity contribution >= 4 is 17.5 Å². The van der Waals surface area contributed by atoms with Crippen LogP contribution >= 0.6 is 0 Å². The normalized spacial score (nSPS) is 21.7. The topological polar surface area (TPSA) is 85.3 Å². The Morgan fingerprint density at radius 1 is 1.26 bits per heavy atom. The van der Waals surface area contributed by atoms with Gasteiger partial charge in [-0.15, -0.1) is 0 Å². The Morgan fingerprint density at radius 3 is 2.66 bits per heavy atom. The van der Waals surface area contributed by atoms with Crippen molar-refractivity contribution in [2.75, 3.05) is 59.2 Å². The molecule has 1 saturated carbocycles. The van der Waals surface area contributed by atoms with Crippen LogP contribution in [0.4, 0.5) is 5.69 Å². The Kier molecular flexibility index (Phi) is 9.95. The fourth-order valence-corrected chi connectivity index (χ4v) is 4.63. The summed E-state index contributed by atoms with van der Waals surface area (Å²) in [7, 11) is 6.12. The van der Waals surface area contributed by atoms with E-state index < -0.39 is 0 Å². The molecule has 1 aliphatic carbocycles. The first kappa shape index (κ1) is 27.4. The van der Waals surface area contributed by atoms with E-state index in [1.807, 2.05) is 39.2 Å². The van der Waals surface area contributed by atoms with E-state index in [2.05, 4.69) is 29.1 Å². The quantitative estimate of drug-likeness (QED) is 0.498. The van der Waals surface area contributed by atoms with Gasteiger partial charge in [-0.3, -0.25) is 9.59 Å². The van der Waals surface area contributed by atoms with Crippen molar-refractivity contribution in [3.63, 3.8) is 0 Å². The lowest BCUT2D eigenvalue weighted by Gasteiger charge is -2.34. The third-order valence-corrected chi connectivity index (χ3v) is 6.97. The SMILES string of the molecule is C[C@H](CO)N1C[C@H](C)[C@@H](CN(C)CC2CC2)Oc2ccc(NC(=O)CCCN(C)C)cc2CC1=O. The zero-order valence-electron chi connectivity index (χ0n) is 22.1. The predicted molar refractivity (Wildman–Crippen MR) is 139 cm³/mol. The summed E-state index contributed by atoms with van der Waals surface area (Å²) in [6.45, 7) is 7.14. The summed E-state index contributed by atoms with van der Waals surface area (Å²) in [6, 6.07) is 5.33. The lowest BCUT2D eigenvalue weighted by atomic mass is 10.0. The molecule has 1 aliphatic heterocycles. The summed E-state index contributed by atoms with van der Waals surface area (Å²) >= 11 is 0. The molecule has 3 atom stereocenters. The Morgan fingerprint density at radius 2 is 2.00 bits per heavy atom. The molecule has 2 N–H and O–H groups in total. The molecule has 3 rings (SSSR count). The van der Waals surface area contributed by atoms with Crippen molar-refractivity contribution in [2.45, 2.75) is 58.1 Å². The van der Waals surface area contributed by atoms with Gasteiger partial charge in [0.1, 0.15) is 11.9 Å². The second-order valence-corrected chi connectivity index (χ2v) is 10.8. The average molecular weight is 489 g/mol. The molecule has 1 aromatic carbocycles. The molecule has 0 radical (unpaired) electrons. The van der Waals surface area contributed by atoms with Crippen LogP contribution in [-0.2, 0) is 16.0 Å². The van der Waals surface area contributed by atoms with Gasteiger partial charge in [-0.25, -0.2) is 0 Å². The molecular formula is C27H44N4O4. The number of ether oxygens (including phenoxy) is 1. The number of fused-ring (bicyclic) bond motifs is 1. The van der Waals surface area contributed by atoms with Gasteiger partial charge >= 0.3 is 0 Å². The summed E-state index contributed by atoms with van der Waals surface area (Å²) in [5.41, 5.74) is 1.44. The summed E-state index contributed by atoms with van der Waals surface area (Å²) in [6.07, 6.45) is 3.90. The van der Waals surface area contributed by atoms with Gasteiger partial charge in [0.2, 0.25) is 11.8 Å². The monoisotopic (exact) mass is 488 g/mol. The second kappa shape index (κ2) is 12.7. The number of carbonyl (C=O) groups excluding carboxylic acids is 2. The Balaban J connectivity index is 1.80. The fourth-order valence-electron chi connectivity index (χ4n) is 4.63. The van der Waals surface area contributed by atoms with E-state index in [1.165, 1.54) is 12.8 Å². The first-order chi connectivity index (χ1) is 16.7. The highest BCUT2D eigenvalue weighted by Crippen LogP contribution is 2.31. The van der Waals surface area contributed by atoms with E-state index >= 15 is 0 Å². The van der Waals surface area contributed by atoms with Crippen LogP contribution in [0.1, 0.15) is 45.1 Å². The summed E-state index contributed by atoms with van der Waals surface area (Å²) in [4.78, 5) is 31.9.